The molecule has 31 heavy (non-hydrogen) atoms. The lowest BCUT2D eigenvalue weighted by atomic mass is 10.0. The Bertz CT molecular complexity index is 811. The van der Waals surface area contributed by atoms with Crippen molar-refractivity contribution in [1.29, 1.82) is 0 Å². The van der Waals surface area contributed by atoms with Gasteiger partial charge in [0.1, 0.15) is 12.1 Å². The van der Waals surface area contributed by atoms with Crippen LogP contribution in [-0.2, 0) is 27.2 Å². The first-order valence-corrected chi connectivity index (χ1v) is 10.5. The third kappa shape index (κ3) is 8.90. The van der Waals surface area contributed by atoms with E-state index in [9.17, 15) is 19.5 Å². The minimum Gasteiger partial charge on any atom is -0.480 e. The normalized spacial score (nSPS) is 12.5. The number of hydrogen-bond donors (Lipinski definition) is 4. The second kappa shape index (κ2) is 13.0. The lowest BCUT2D eigenvalue weighted by Gasteiger charge is -2.21. The molecule has 4 N–H and O–H groups in total. The molecule has 2 amide bonds. The molecule has 0 spiro atoms. The molecular weight excluding hydrogens is 400 g/mol. The fraction of sp³-hybridized carbons (Fsp3) is 0.455. The Morgan fingerprint density at radius 3 is 2.48 bits per heavy atom. The van der Waals surface area contributed by atoms with Gasteiger partial charge in [0.15, 0.2) is 0 Å². The number of rotatable bonds is 13. The van der Waals surface area contributed by atoms with Crippen molar-refractivity contribution in [3.63, 3.8) is 0 Å². The summed E-state index contributed by atoms with van der Waals surface area (Å²) in [6.45, 7) is 2.36. The van der Waals surface area contributed by atoms with Crippen LogP contribution in [0, 0.1) is 0 Å². The van der Waals surface area contributed by atoms with Gasteiger partial charge in [-0.15, -0.1) is 0 Å². The molecule has 0 radical (unpaired) electrons. The molecule has 1 aromatic heterocycles. The molecule has 0 fully saturated rings. The monoisotopic (exact) mass is 430 g/mol. The Kier molecular flexibility index (Phi) is 10.1. The molecule has 1 aromatic carbocycles. The first-order chi connectivity index (χ1) is 15.0. The predicted octanol–water partition coefficient (Wildman–Crippen LogP) is 2.44. The third-order valence-electron chi connectivity index (χ3n) is 4.72. The zero-order valence-electron chi connectivity index (χ0n) is 17.7. The van der Waals surface area contributed by atoms with Crippen molar-refractivity contribution < 1.29 is 24.2 Å². The van der Waals surface area contributed by atoms with Gasteiger partial charge in [-0.3, -0.25) is 4.79 Å². The van der Waals surface area contributed by atoms with E-state index in [-0.39, 0.29) is 19.4 Å². The quantitative estimate of drug-likeness (QED) is 0.361. The number of imidazole rings is 1. The maximum absolute atomic E-state index is 12.9. The molecule has 0 aliphatic heterocycles. The number of nitrogens with one attached hydrogen (secondary N) is 3. The van der Waals surface area contributed by atoms with E-state index in [4.69, 9.17) is 4.74 Å². The summed E-state index contributed by atoms with van der Waals surface area (Å²) in [6.07, 6.45) is 6.34. The maximum Gasteiger partial charge on any atom is 0.407 e. The smallest absolute Gasteiger partial charge is 0.407 e. The summed E-state index contributed by atoms with van der Waals surface area (Å²) < 4.78 is 5.18. The molecule has 9 nitrogen and oxygen atoms in total. The summed E-state index contributed by atoms with van der Waals surface area (Å²) in [6, 6.07) is 7.02. The third-order valence-corrected chi connectivity index (χ3v) is 4.72. The number of aliphatic carboxylic acids is 1. The minimum absolute atomic E-state index is 0.0427. The Labute approximate surface area is 181 Å². The van der Waals surface area contributed by atoms with Gasteiger partial charge in [0.25, 0.3) is 0 Å². The number of carboxylic acids is 1. The lowest BCUT2D eigenvalue weighted by Crippen LogP contribution is -2.53. The van der Waals surface area contributed by atoms with Crippen LogP contribution in [0.2, 0.25) is 0 Å². The number of ether oxygens (including phenoxy) is 1. The topological polar surface area (TPSA) is 133 Å². The van der Waals surface area contributed by atoms with Crippen molar-refractivity contribution in [2.24, 2.45) is 0 Å². The highest BCUT2D eigenvalue weighted by molar-refractivity contribution is 5.89. The number of alkyl carbamates (subject to hydrolysis) is 1. The number of nitrogens with zero attached hydrogens (tertiary/aromatic N) is 1. The average Bonchev–Trinajstić information content (AvgIpc) is 3.26. The fourth-order valence-electron chi connectivity index (χ4n) is 3.03. The number of H-pyrrole nitrogens is 1. The fourth-order valence-corrected chi connectivity index (χ4v) is 3.03. The summed E-state index contributed by atoms with van der Waals surface area (Å²) >= 11 is 0. The SMILES string of the molecule is CCCCCCOC(=O)N[C@@H](Cc1ccccc1)C(=O)N[C@@H](Cc1cnc[nH]1)C(=O)O. The van der Waals surface area contributed by atoms with Crippen molar-refractivity contribution in [1.82, 2.24) is 20.6 Å². The Hall–Kier alpha value is -3.36. The van der Waals surface area contributed by atoms with Gasteiger partial charge in [-0.2, -0.15) is 0 Å². The zero-order valence-corrected chi connectivity index (χ0v) is 17.7. The molecule has 0 saturated heterocycles. The molecule has 2 atom stereocenters. The van der Waals surface area contributed by atoms with Crippen LogP contribution < -0.4 is 10.6 Å². The molecular formula is C22H30N4O5. The van der Waals surface area contributed by atoms with E-state index in [0.29, 0.717) is 5.69 Å². The van der Waals surface area contributed by atoms with Crippen molar-refractivity contribution in [2.45, 2.75) is 57.5 Å². The first-order valence-electron chi connectivity index (χ1n) is 10.5. The number of hydrogen-bond acceptors (Lipinski definition) is 5. The predicted molar refractivity (Wildman–Crippen MR) is 114 cm³/mol. The number of aromatic nitrogens is 2. The van der Waals surface area contributed by atoms with Gasteiger partial charge in [0, 0.05) is 24.7 Å². The lowest BCUT2D eigenvalue weighted by molar-refractivity contribution is -0.142. The molecule has 2 rings (SSSR count). The summed E-state index contributed by atoms with van der Waals surface area (Å²) in [5.41, 5.74) is 1.40. The minimum atomic E-state index is -1.18. The highest BCUT2D eigenvalue weighted by Crippen LogP contribution is 2.06. The average molecular weight is 431 g/mol. The number of carbonyl (C=O) groups is 3. The number of carbonyl (C=O) groups excluding carboxylic acids is 2. The van der Waals surface area contributed by atoms with Crippen molar-refractivity contribution in [3.05, 3.63) is 54.1 Å². The van der Waals surface area contributed by atoms with Crippen molar-refractivity contribution in [2.75, 3.05) is 6.61 Å². The van der Waals surface area contributed by atoms with E-state index in [0.717, 1.165) is 31.2 Å². The van der Waals surface area contributed by atoms with Gasteiger partial charge < -0.3 is 25.5 Å². The van der Waals surface area contributed by atoms with Crippen LogP contribution in [0.5, 0.6) is 0 Å². The molecule has 0 bridgehead atoms. The molecule has 2 aromatic rings. The number of aromatic amines is 1. The van der Waals surface area contributed by atoms with Crippen LogP contribution in [0.1, 0.15) is 43.9 Å². The van der Waals surface area contributed by atoms with Crippen LogP contribution in [0.15, 0.2) is 42.9 Å². The zero-order chi connectivity index (χ0) is 22.5. The first kappa shape index (κ1) is 23.9. The number of unbranched alkanes of at least 4 members (excludes halogenated alkanes) is 3. The largest absolute Gasteiger partial charge is 0.480 e. The van der Waals surface area contributed by atoms with Crippen molar-refractivity contribution >= 4 is 18.0 Å². The van der Waals surface area contributed by atoms with E-state index in [2.05, 4.69) is 27.5 Å². The number of benzene rings is 1. The van der Waals surface area contributed by atoms with Gasteiger partial charge in [0.2, 0.25) is 5.91 Å². The highest BCUT2D eigenvalue weighted by atomic mass is 16.5. The Morgan fingerprint density at radius 2 is 1.84 bits per heavy atom. The maximum atomic E-state index is 12.9. The Balaban J connectivity index is 2.00. The molecule has 9 heteroatoms. The van der Waals surface area contributed by atoms with Crippen LogP contribution in [0.25, 0.3) is 0 Å². The van der Waals surface area contributed by atoms with Crippen LogP contribution in [0.4, 0.5) is 4.79 Å². The van der Waals surface area contributed by atoms with Crippen molar-refractivity contribution in [3.8, 4) is 0 Å². The number of carboxylic acid groups (broad SMARTS) is 1. The number of amides is 2. The van der Waals surface area contributed by atoms with Gasteiger partial charge in [0.05, 0.1) is 12.9 Å². The van der Waals surface area contributed by atoms with E-state index >= 15 is 0 Å². The summed E-state index contributed by atoms with van der Waals surface area (Å²) in [5, 5.41) is 14.6. The molecule has 1 heterocycles. The summed E-state index contributed by atoms with van der Waals surface area (Å²) in [7, 11) is 0. The molecule has 0 aliphatic carbocycles. The van der Waals surface area contributed by atoms with Gasteiger partial charge >= 0.3 is 12.1 Å². The van der Waals surface area contributed by atoms with Gasteiger partial charge in [-0.1, -0.05) is 56.5 Å². The van der Waals surface area contributed by atoms with Crippen LogP contribution in [0.3, 0.4) is 0 Å². The highest BCUT2D eigenvalue weighted by Gasteiger charge is 2.27. The van der Waals surface area contributed by atoms with E-state index < -0.39 is 30.1 Å². The summed E-state index contributed by atoms with van der Waals surface area (Å²) in [4.78, 5) is 43.4. The van der Waals surface area contributed by atoms with Gasteiger partial charge in [-0.25, -0.2) is 14.6 Å². The Morgan fingerprint density at radius 1 is 1.06 bits per heavy atom. The molecule has 0 aliphatic rings. The van der Waals surface area contributed by atoms with E-state index in [1.165, 1.54) is 12.5 Å². The second-order valence-corrected chi connectivity index (χ2v) is 7.26. The standard InChI is InChI=1S/C22H30N4O5/c1-2-3-4-8-11-31-22(30)26-18(12-16-9-6-5-7-10-16)20(27)25-19(21(28)29)13-17-14-23-15-24-17/h5-7,9-10,14-15,18-19H,2-4,8,11-13H2,1H3,(H,23,24)(H,25,27)(H,26,30)(H,28,29)/t18-,19-/m0/s1. The van der Waals surface area contributed by atoms with Crippen LogP contribution >= 0.6 is 0 Å². The molecule has 0 saturated carbocycles. The van der Waals surface area contributed by atoms with Gasteiger partial charge in [-0.05, 0) is 12.0 Å². The summed E-state index contributed by atoms with van der Waals surface area (Å²) in [5.74, 6) is -1.78. The molecule has 0 unspecified atom stereocenters. The van der Waals surface area contributed by atoms with Crippen LogP contribution in [-0.4, -0.2) is 51.7 Å². The van der Waals surface area contributed by atoms with E-state index in [1.807, 2.05) is 30.3 Å². The molecule has 168 valence electrons. The van der Waals surface area contributed by atoms with E-state index in [1.54, 1.807) is 0 Å². The second-order valence-electron chi connectivity index (χ2n) is 7.26.